The van der Waals surface area contributed by atoms with Crippen molar-refractivity contribution in [3.8, 4) is 0 Å². The molecule has 4 nitrogen and oxygen atoms in total. The van der Waals surface area contributed by atoms with E-state index in [0.29, 0.717) is 4.67 Å². The van der Waals surface area contributed by atoms with Crippen LogP contribution in [0, 0.1) is 0 Å². The number of hydrogen-bond acceptors (Lipinski definition) is 4. The van der Waals surface area contributed by atoms with Crippen LogP contribution in [0.5, 0.6) is 0 Å². The molecule has 0 amide bonds. The molecule has 0 aliphatic rings. The van der Waals surface area contributed by atoms with Crippen LogP contribution in [0.15, 0.2) is 21.2 Å². The number of furan rings is 1. The molecule has 5 heteroatoms. The van der Waals surface area contributed by atoms with E-state index in [4.69, 9.17) is 9.15 Å². The number of carbonyl (C=O) groups excluding carboxylic acids is 1. The molecule has 1 heterocycles. The first-order valence-electron chi connectivity index (χ1n) is 5.48. The van der Waals surface area contributed by atoms with Crippen LogP contribution in [0.3, 0.4) is 0 Å². The van der Waals surface area contributed by atoms with Gasteiger partial charge in [0.05, 0.1) is 12.6 Å². The Balaban J connectivity index is 2.38. The molecule has 0 fully saturated rings. The molecule has 1 unspecified atom stereocenters. The zero-order valence-electron chi connectivity index (χ0n) is 10.5. The number of halogens is 1. The van der Waals surface area contributed by atoms with E-state index < -0.39 is 5.60 Å². The lowest BCUT2D eigenvalue weighted by atomic mass is 10.2. The number of rotatable bonds is 4. The summed E-state index contributed by atoms with van der Waals surface area (Å²) in [5.74, 6) is 0.510. The SMILES string of the molecule is CC(NCC(=O)OC(C)(C)C)c1ccc(Br)o1. The maximum absolute atomic E-state index is 11.5. The van der Waals surface area contributed by atoms with Crippen LogP contribution in [0.2, 0.25) is 0 Å². The van der Waals surface area contributed by atoms with Crippen LogP contribution in [0.25, 0.3) is 0 Å². The van der Waals surface area contributed by atoms with Crippen LogP contribution in [-0.2, 0) is 9.53 Å². The summed E-state index contributed by atoms with van der Waals surface area (Å²) in [5, 5.41) is 3.05. The number of carbonyl (C=O) groups is 1. The molecule has 0 aliphatic carbocycles. The lowest BCUT2D eigenvalue weighted by molar-refractivity contribution is -0.153. The molecule has 0 aromatic carbocycles. The van der Waals surface area contributed by atoms with E-state index in [1.807, 2.05) is 39.8 Å². The molecule has 1 atom stereocenters. The Hall–Kier alpha value is -0.810. The molecule has 0 saturated heterocycles. The predicted octanol–water partition coefficient (Wildman–Crippen LogP) is 3.03. The minimum atomic E-state index is -0.449. The first kappa shape index (κ1) is 14.3. The van der Waals surface area contributed by atoms with Gasteiger partial charge in [0.1, 0.15) is 11.4 Å². The summed E-state index contributed by atoms with van der Waals surface area (Å²) in [4.78, 5) is 11.5. The van der Waals surface area contributed by atoms with Crippen molar-refractivity contribution >= 4 is 21.9 Å². The average molecular weight is 304 g/mol. The van der Waals surface area contributed by atoms with Crippen LogP contribution < -0.4 is 5.32 Å². The van der Waals surface area contributed by atoms with Crippen molar-refractivity contribution in [3.63, 3.8) is 0 Å². The molecule has 0 radical (unpaired) electrons. The third-order valence-corrected chi connectivity index (χ3v) is 2.42. The summed E-state index contributed by atoms with van der Waals surface area (Å²) in [5.41, 5.74) is -0.449. The molecular formula is C12H18BrNO3. The standard InChI is InChI=1S/C12H18BrNO3/c1-8(9-5-6-10(13)16-9)14-7-11(15)17-12(2,3)4/h5-6,8,14H,7H2,1-4H3. The fourth-order valence-electron chi connectivity index (χ4n) is 1.28. The highest BCUT2D eigenvalue weighted by Crippen LogP contribution is 2.19. The number of nitrogens with one attached hydrogen (secondary N) is 1. The van der Waals surface area contributed by atoms with Crippen molar-refractivity contribution in [1.29, 1.82) is 0 Å². The van der Waals surface area contributed by atoms with Crippen molar-refractivity contribution in [2.45, 2.75) is 39.3 Å². The molecule has 1 aromatic rings. The van der Waals surface area contributed by atoms with Crippen LogP contribution in [0.1, 0.15) is 39.5 Å². The second kappa shape index (κ2) is 5.69. The average Bonchev–Trinajstić information content (AvgIpc) is 2.58. The van der Waals surface area contributed by atoms with E-state index in [9.17, 15) is 4.79 Å². The van der Waals surface area contributed by atoms with Gasteiger partial charge in [-0.25, -0.2) is 0 Å². The largest absolute Gasteiger partial charge is 0.459 e. The van der Waals surface area contributed by atoms with E-state index >= 15 is 0 Å². The highest BCUT2D eigenvalue weighted by Gasteiger charge is 2.17. The maximum Gasteiger partial charge on any atom is 0.320 e. The monoisotopic (exact) mass is 303 g/mol. The summed E-state index contributed by atoms with van der Waals surface area (Å²) in [6, 6.07) is 3.64. The fraction of sp³-hybridized carbons (Fsp3) is 0.583. The third-order valence-electron chi connectivity index (χ3n) is 1.99. The van der Waals surface area contributed by atoms with E-state index in [-0.39, 0.29) is 18.6 Å². The molecule has 0 bridgehead atoms. The van der Waals surface area contributed by atoms with Gasteiger partial charge in [0, 0.05) is 0 Å². The Kier molecular flexibility index (Phi) is 4.77. The molecule has 0 aliphatic heterocycles. The molecule has 1 rings (SSSR count). The summed E-state index contributed by atoms with van der Waals surface area (Å²) >= 11 is 3.23. The van der Waals surface area contributed by atoms with Crippen molar-refractivity contribution in [1.82, 2.24) is 5.32 Å². The Morgan fingerprint density at radius 3 is 2.65 bits per heavy atom. The fourth-order valence-corrected chi connectivity index (χ4v) is 1.59. The van der Waals surface area contributed by atoms with Gasteiger partial charge in [0.15, 0.2) is 4.67 Å². The molecular weight excluding hydrogens is 286 g/mol. The van der Waals surface area contributed by atoms with Crippen molar-refractivity contribution in [2.24, 2.45) is 0 Å². The molecule has 0 saturated carbocycles. The lowest BCUT2D eigenvalue weighted by Crippen LogP contribution is -2.32. The second-order valence-corrected chi connectivity index (χ2v) is 5.61. The second-order valence-electron chi connectivity index (χ2n) is 4.83. The van der Waals surface area contributed by atoms with Gasteiger partial charge in [-0.2, -0.15) is 0 Å². The predicted molar refractivity (Wildman–Crippen MR) is 68.7 cm³/mol. The normalized spacial score (nSPS) is 13.5. The molecule has 0 spiro atoms. The van der Waals surface area contributed by atoms with Gasteiger partial charge >= 0.3 is 5.97 Å². The topological polar surface area (TPSA) is 51.5 Å². The van der Waals surface area contributed by atoms with E-state index in [1.165, 1.54) is 0 Å². The zero-order chi connectivity index (χ0) is 13.1. The minimum Gasteiger partial charge on any atom is -0.459 e. The van der Waals surface area contributed by atoms with E-state index in [2.05, 4.69) is 21.2 Å². The quantitative estimate of drug-likeness (QED) is 0.869. The van der Waals surface area contributed by atoms with Crippen molar-refractivity contribution < 1.29 is 13.9 Å². The molecule has 17 heavy (non-hydrogen) atoms. The third kappa shape index (κ3) is 5.37. The van der Waals surface area contributed by atoms with Crippen LogP contribution >= 0.6 is 15.9 Å². The summed E-state index contributed by atoms with van der Waals surface area (Å²) in [6.07, 6.45) is 0. The first-order chi connectivity index (χ1) is 7.78. The maximum atomic E-state index is 11.5. The minimum absolute atomic E-state index is 0.0335. The van der Waals surface area contributed by atoms with Gasteiger partial charge in [-0.15, -0.1) is 0 Å². The van der Waals surface area contributed by atoms with Crippen LogP contribution in [-0.4, -0.2) is 18.1 Å². The van der Waals surface area contributed by atoms with Crippen molar-refractivity contribution in [2.75, 3.05) is 6.54 Å². The Morgan fingerprint density at radius 2 is 2.18 bits per heavy atom. The highest BCUT2D eigenvalue weighted by atomic mass is 79.9. The Bertz CT molecular complexity index is 381. The van der Waals surface area contributed by atoms with Crippen LogP contribution in [0.4, 0.5) is 0 Å². The first-order valence-corrected chi connectivity index (χ1v) is 6.28. The highest BCUT2D eigenvalue weighted by molar-refractivity contribution is 9.10. The molecule has 96 valence electrons. The Labute approximate surface area is 110 Å². The zero-order valence-corrected chi connectivity index (χ0v) is 12.1. The number of hydrogen-bond donors (Lipinski definition) is 1. The smallest absolute Gasteiger partial charge is 0.320 e. The van der Waals surface area contributed by atoms with Gasteiger partial charge in [-0.05, 0) is 55.8 Å². The summed E-state index contributed by atoms with van der Waals surface area (Å²) in [7, 11) is 0. The van der Waals surface area contributed by atoms with Gasteiger partial charge in [-0.1, -0.05) is 0 Å². The van der Waals surface area contributed by atoms with Gasteiger partial charge < -0.3 is 9.15 Å². The van der Waals surface area contributed by atoms with Crippen molar-refractivity contribution in [3.05, 3.63) is 22.6 Å². The number of esters is 1. The Morgan fingerprint density at radius 1 is 1.53 bits per heavy atom. The van der Waals surface area contributed by atoms with E-state index in [1.54, 1.807) is 0 Å². The van der Waals surface area contributed by atoms with Gasteiger partial charge in [0.2, 0.25) is 0 Å². The number of ether oxygens (including phenoxy) is 1. The summed E-state index contributed by atoms with van der Waals surface area (Å²) < 4.78 is 11.2. The van der Waals surface area contributed by atoms with Gasteiger partial charge in [0.25, 0.3) is 0 Å². The van der Waals surface area contributed by atoms with Gasteiger partial charge in [-0.3, -0.25) is 10.1 Å². The molecule has 1 aromatic heterocycles. The summed E-state index contributed by atoms with van der Waals surface area (Å²) in [6.45, 7) is 7.63. The lowest BCUT2D eigenvalue weighted by Gasteiger charge is -2.20. The van der Waals surface area contributed by atoms with E-state index in [0.717, 1.165) is 5.76 Å². The molecule has 1 N–H and O–H groups in total.